The van der Waals surface area contributed by atoms with E-state index in [2.05, 4.69) is 5.16 Å². The topological polar surface area (TPSA) is 99.2 Å². The third-order valence-corrected chi connectivity index (χ3v) is 5.30. The Kier molecular flexibility index (Phi) is 5.36. The Morgan fingerprint density at radius 2 is 1.94 bits per heavy atom. The van der Waals surface area contributed by atoms with Crippen LogP contribution in [0.5, 0.6) is 0 Å². The molecule has 0 amide bonds. The van der Waals surface area contributed by atoms with Gasteiger partial charge in [0.2, 0.25) is 10.0 Å². The van der Waals surface area contributed by atoms with Crippen molar-refractivity contribution in [3.8, 4) is 0 Å². The van der Waals surface area contributed by atoms with Gasteiger partial charge in [0.05, 0.1) is 11.8 Å². The van der Waals surface area contributed by atoms with Crippen LogP contribution < -0.4 is 5.73 Å². The number of nitrogens with two attached hydrogens (primary N) is 1. The van der Waals surface area contributed by atoms with Crippen molar-refractivity contribution in [2.24, 2.45) is 10.9 Å². The fraction of sp³-hybridized carbons (Fsp3) is 0.900. The van der Waals surface area contributed by atoms with E-state index in [1.807, 2.05) is 18.7 Å². The first-order valence-corrected chi connectivity index (χ1v) is 7.72. The monoisotopic (exact) mass is 278 g/mol. The Bertz CT molecular complexity index is 388. The van der Waals surface area contributed by atoms with Crippen molar-refractivity contribution < 1.29 is 13.6 Å². The Morgan fingerprint density at radius 3 is 2.39 bits per heavy atom. The predicted molar refractivity (Wildman–Crippen MR) is 70.1 cm³/mol. The molecule has 0 saturated carbocycles. The molecule has 1 fully saturated rings. The summed E-state index contributed by atoms with van der Waals surface area (Å²) in [5.41, 5.74) is 5.54. The van der Waals surface area contributed by atoms with Crippen molar-refractivity contribution in [3.05, 3.63) is 0 Å². The highest BCUT2D eigenvalue weighted by Crippen LogP contribution is 2.11. The van der Waals surface area contributed by atoms with Gasteiger partial charge in [-0.3, -0.25) is 4.90 Å². The highest BCUT2D eigenvalue weighted by molar-refractivity contribution is 7.89. The first-order chi connectivity index (χ1) is 8.42. The van der Waals surface area contributed by atoms with Crippen LogP contribution in [0.4, 0.5) is 0 Å². The number of nitrogens with zero attached hydrogens (tertiary/aromatic N) is 3. The van der Waals surface area contributed by atoms with E-state index in [0.29, 0.717) is 32.6 Å². The van der Waals surface area contributed by atoms with Crippen LogP contribution in [-0.2, 0) is 10.0 Å². The first-order valence-electron chi connectivity index (χ1n) is 6.11. The summed E-state index contributed by atoms with van der Waals surface area (Å²) in [4.78, 5) is 2.01. The first kappa shape index (κ1) is 15.2. The smallest absolute Gasteiger partial charge is 0.214 e. The molecule has 1 heterocycles. The summed E-state index contributed by atoms with van der Waals surface area (Å²) in [6.07, 6.45) is 0.628. The lowest BCUT2D eigenvalue weighted by molar-refractivity contribution is 0.171. The van der Waals surface area contributed by atoms with Gasteiger partial charge in [0.1, 0.15) is 0 Å². The van der Waals surface area contributed by atoms with Gasteiger partial charge < -0.3 is 10.9 Å². The lowest BCUT2D eigenvalue weighted by atomic mass is 10.2. The van der Waals surface area contributed by atoms with Crippen LogP contribution in [-0.4, -0.2) is 66.6 Å². The summed E-state index contributed by atoms with van der Waals surface area (Å²) in [6, 6.07) is -0.175. The van der Waals surface area contributed by atoms with Gasteiger partial charge in [0.15, 0.2) is 5.84 Å². The van der Waals surface area contributed by atoms with Gasteiger partial charge in [-0.15, -0.1) is 0 Å². The Hall–Kier alpha value is -0.860. The van der Waals surface area contributed by atoms with Crippen LogP contribution in [0.1, 0.15) is 20.3 Å². The van der Waals surface area contributed by atoms with Crippen molar-refractivity contribution >= 4 is 15.9 Å². The zero-order valence-electron chi connectivity index (χ0n) is 10.9. The van der Waals surface area contributed by atoms with Crippen molar-refractivity contribution in [1.82, 2.24) is 9.21 Å². The summed E-state index contributed by atoms with van der Waals surface area (Å²) in [6.45, 7) is 5.82. The van der Waals surface area contributed by atoms with Gasteiger partial charge >= 0.3 is 0 Å². The summed E-state index contributed by atoms with van der Waals surface area (Å²) >= 11 is 0. The Balaban J connectivity index is 2.56. The molecule has 0 aromatic rings. The molecule has 18 heavy (non-hydrogen) atoms. The zero-order chi connectivity index (χ0) is 13.8. The van der Waals surface area contributed by atoms with Crippen LogP contribution in [0.2, 0.25) is 0 Å². The maximum Gasteiger partial charge on any atom is 0.214 e. The molecule has 1 atom stereocenters. The highest BCUT2D eigenvalue weighted by Gasteiger charge is 2.29. The molecular weight excluding hydrogens is 256 g/mol. The van der Waals surface area contributed by atoms with E-state index in [-0.39, 0.29) is 17.6 Å². The van der Waals surface area contributed by atoms with Crippen molar-refractivity contribution in [1.29, 1.82) is 0 Å². The molecule has 0 aliphatic carbocycles. The molecule has 0 aromatic carbocycles. The van der Waals surface area contributed by atoms with E-state index < -0.39 is 10.0 Å². The number of rotatable bonds is 5. The van der Waals surface area contributed by atoms with Gasteiger partial charge in [-0.1, -0.05) is 12.1 Å². The fourth-order valence-electron chi connectivity index (χ4n) is 2.03. The molecule has 0 bridgehead atoms. The minimum absolute atomic E-state index is 0.153. The molecule has 0 aromatic heterocycles. The van der Waals surface area contributed by atoms with E-state index in [0.717, 1.165) is 0 Å². The molecule has 1 aliphatic heterocycles. The summed E-state index contributed by atoms with van der Waals surface area (Å²) in [5.74, 6) is 0.350. The Labute approximate surface area is 108 Å². The number of hydrogen-bond acceptors (Lipinski definition) is 5. The lowest BCUT2D eigenvalue weighted by Gasteiger charge is -2.36. The van der Waals surface area contributed by atoms with Gasteiger partial charge in [0.25, 0.3) is 0 Å². The highest BCUT2D eigenvalue weighted by atomic mass is 32.2. The predicted octanol–water partition coefficient (Wildman–Crippen LogP) is -0.521. The molecule has 1 rings (SSSR count). The quantitative estimate of drug-likeness (QED) is 0.305. The van der Waals surface area contributed by atoms with E-state index >= 15 is 0 Å². The zero-order valence-corrected chi connectivity index (χ0v) is 11.7. The van der Waals surface area contributed by atoms with E-state index in [1.54, 1.807) is 0 Å². The minimum atomic E-state index is -3.11. The Morgan fingerprint density at radius 1 is 1.39 bits per heavy atom. The molecule has 0 spiro atoms. The van der Waals surface area contributed by atoms with Gasteiger partial charge in [-0.05, 0) is 13.3 Å². The molecule has 1 saturated heterocycles. The third-order valence-electron chi connectivity index (χ3n) is 3.22. The second-order valence-electron chi connectivity index (χ2n) is 4.45. The summed E-state index contributed by atoms with van der Waals surface area (Å²) in [5, 5.41) is 11.6. The van der Waals surface area contributed by atoms with Gasteiger partial charge in [-0.2, -0.15) is 4.31 Å². The molecule has 106 valence electrons. The maximum atomic E-state index is 11.9. The SMILES string of the molecule is CCCS(=O)(=O)N1CCN(C(C)C(N)=NO)CC1. The van der Waals surface area contributed by atoms with Crippen LogP contribution >= 0.6 is 0 Å². The second-order valence-corrected chi connectivity index (χ2v) is 6.54. The minimum Gasteiger partial charge on any atom is -0.409 e. The largest absolute Gasteiger partial charge is 0.409 e. The van der Waals surface area contributed by atoms with Crippen molar-refractivity contribution in [2.45, 2.75) is 26.3 Å². The number of amidine groups is 1. The van der Waals surface area contributed by atoms with Crippen LogP contribution in [0.3, 0.4) is 0 Å². The van der Waals surface area contributed by atoms with Gasteiger partial charge in [-0.25, -0.2) is 8.42 Å². The second kappa shape index (κ2) is 6.35. The molecule has 1 aliphatic rings. The molecule has 7 nitrogen and oxygen atoms in total. The van der Waals surface area contributed by atoms with Crippen LogP contribution in [0.25, 0.3) is 0 Å². The molecule has 8 heteroatoms. The number of oxime groups is 1. The summed E-state index contributed by atoms with van der Waals surface area (Å²) < 4.78 is 25.3. The third kappa shape index (κ3) is 3.56. The average molecular weight is 278 g/mol. The van der Waals surface area contributed by atoms with Crippen molar-refractivity contribution in [3.63, 3.8) is 0 Å². The number of hydrogen-bond donors (Lipinski definition) is 2. The normalized spacial score (nSPS) is 22.0. The maximum absolute atomic E-state index is 11.9. The van der Waals surface area contributed by atoms with Crippen molar-refractivity contribution in [2.75, 3.05) is 31.9 Å². The molecule has 0 radical (unpaired) electrons. The van der Waals surface area contributed by atoms with E-state index in [9.17, 15) is 8.42 Å². The molecular formula is C10H22N4O3S. The average Bonchev–Trinajstić information content (AvgIpc) is 2.37. The van der Waals surface area contributed by atoms with Gasteiger partial charge in [0, 0.05) is 26.2 Å². The van der Waals surface area contributed by atoms with Crippen LogP contribution in [0.15, 0.2) is 5.16 Å². The standard InChI is InChI=1S/C10H22N4O3S/c1-3-8-18(16,17)14-6-4-13(5-7-14)9(2)10(11)12-15/h9,15H,3-8H2,1-2H3,(H2,11,12). The summed E-state index contributed by atoms with van der Waals surface area (Å²) in [7, 11) is -3.11. The molecule has 1 unspecified atom stereocenters. The molecule has 3 N–H and O–H groups in total. The van der Waals surface area contributed by atoms with Crippen LogP contribution in [0, 0.1) is 0 Å². The number of sulfonamides is 1. The van der Waals surface area contributed by atoms with E-state index in [4.69, 9.17) is 10.9 Å². The fourth-order valence-corrected chi connectivity index (χ4v) is 3.52. The lowest BCUT2D eigenvalue weighted by Crippen LogP contribution is -2.54. The van der Waals surface area contributed by atoms with E-state index in [1.165, 1.54) is 4.31 Å². The number of piperazine rings is 1.